The van der Waals surface area contributed by atoms with Crippen LogP contribution >= 0.6 is 0 Å². The molecule has 0 fully saturated rings. The summed E-state index contributed by atoms with van der Waals surface area (Å²) in [5, 5.41) is 2.95. The molecule has 0 aliphatic rings. The Morgan fingerprint density at radius 3 is 2.45 bits per heavy atom. The first-order chi connectivity index (χ1) is 10.8. The standard InChI is InChI=1S/C19H23NO2/c1-2-15-22-18-12-10-17(11-13-18)19(21)20-14-6-9-16-7-4-3-5-8-16/h3-5,7-8,10-13H,2,6,9,14-15H2,1H3,(H,20,21). The van der Waals surface area contributed by atoms with Crippen LogP contribution < -0.4 is 10.1 Å². The number of rotatable bonds is 8. The van der Waals surface area contributed by atoms with Crippen LogP contribution in [0.2, 0.25) is 0 Å². The first kappa shape index (κ1) is 16.1. The van der Waals surface area contributed by atoms with Crippen molar-refractivity contribution in [1.29, 1.82) is 0 Å². The van der Waals surface area contributed by atoms with E-state index in [1.54, 1.807) is 12.1 Å². The van der Waals surface area contributed by atoms with Gasteiger partial charge in [0.15, 0.2) is 0 Å². The topological polar surface area (TPSA) is 38.3 Å². The molecule has 0 aliphatic heterocycles. The van der Waals surface area contributed by atoms with Crippen LogP contribution in [0.1, 0.15) is 35.7 Å². The van der Waals surface area contributed by atoms with Crippen LogP contribution in [0.5, 0.6) is 5.75 Å². The zero-order valence-corrected chi connectivity index (χ0v) is 13.0. The SMILES string of the molecule is CCCOc1ccc(C(=O)NCCCc2ccccc2)cc1. The third-order valence-corrected chi connectivity index (χ3v) is 3.36. The normalized spacial score (nSPS) is 10.2. The van der Waals surface area contributed by atoms with E-state index in [0.29, 0.717) is 18.7 Å². The van der Waals surface area contributed by atoms with E-state index in [-0.39, 0.29) is 5.91 Å². The lowest BCUT2D eigenvalue weighted by molar-refractivity contribution is 0.0953. The second-order valence-electron chi connectivity index (χ2n) is 5.22. The van der Waals surface area contributed by atoms with Crippen molar-refractivity contribution in [2.75, 3.05) is 13.2 Å². The lowest BCUT2D eigenvalue weighted by atomic mass is 10.1. The van der Waals surface area contributed by atoms with E-state index in [0.717, 1.165) is 25.0 Å². The van der Waals surface area contributed by atoms with Crippen LogP contribution in [0.4, 0.5) is 0 Å². The first-order valence-corrected chi connectivity index (χ1v) is 7.84. The van der Waals surface area contributed by atoms with Gasteiger partial charge in [0.25, 0.3) is 5.91 Å². The summed E-state index contributed by atoms with van der Waals surface area (Å²) in [6.45, 7) is 3.45. The molecule has 2 aromatic rings. The second kappa shape index (κ2) is 8.88. The average molecular weight is 297 g/mol. The fourth-order valence-electron chi connectivity index (χ4n) is 2.16. The van der Waals surface area contributed by atoms with Crippen molar-refractivity contribution in [2.24, 2.45) is 0 Å². The minimum absolute atomic E-state index is 0.0323. The zero-order valence-electron chi connectivity index (χ0n) is 13.0. The molecule has 2 aromatic carbocycles. The van der Waals surface area contributed by atoms with Gasteiger partial charge in [-0.2, -0.15) is 0 Å². The summed E-state index contributed by atoms with van der Waals surface area (Å²) in [6.07, 6.45) is 2.89. The summed E-state index contributed by atoms with van der Waals surface area (Å²) >= 11 is 0. The van der Waals surface area contributed by atoms with Crippen molar-refractivity contribution in [1.82, 2.24) is 5.32 Å². The summed E-state index contributed by atoms with van der Waals surface area (Å²) in [5.41, 5.74) is 1.97. The molecule has 0 atom stereocenters. The molecule has 0 unspecified atom stereocenters. The van der Waals surface area contributed by atoms with E-state index in [9.17, 15) is 4.79 Å². The van der Waals surface area contributed by atoms with Gasteiger partial charge in [0.05, 0.1) is 6.61 Å². The maximum atomic E-state index is 12.0. The van der Waals surface area contributed by atoms with Gasteiger partial charge in [-0.3, -0.25) is 4.79 Å². The Hall–Kier alpha value is -2.29. The molecule has 0 saturated heterocycles. The number of ether oxygens (including phenoxy) is 1. The van der Waals surface area contributed by atoms with Crippen molar-refractivity contribution in [3.05, 3.63) is 65.7 Å². The smallest absolute Gasteiger partial charge is 0.251 e. The predicted octanol–water partition coefficient (Wildman–Crippen LogP) is 3.84. The van der Waals surface area contributed by atoms with Crippen molar-refractivity contribution in [3.8, 4) is 5.75 Å². The van der Waals surface area contributed by atoms with Crippen LogP contribution in [-0.4, -0.2) is 19.1 Å². The largest absolute Gasteiger partial charge is 0.494 e. The molecule has 0 saturated carbocycles. The molecule has 116 valence electrons. The van der Waals surface area contributed by atoms with Crippen LogP contribution in [0, 0.1) is 0 Å². The molecule has 1 amide bonds. The highest BCUT2D eigenvalue weighted by Crippen LogP contribution is 2.12. The van der Waals surface area contributed by atoms with E-state index in [1.807, 2.05) is 30.3 Å². The van der Waals surface area contributed by atoms with Gasteiger partial charge >= 0.3 is 0 Å². The van der Waals surface area contributed by atoms with Crippen molar-refractivity contribution < 1.29 is 9.53 Å². The highest BCUT2D eigenvalue weighted by atomic mass is 16.5. The van der Waals surface area contributed by atoms with Gasteiger partial charge in [-0.15, -0.1) is 0 Å². The number of carbonyl (C=O) groups excluding carboxylic acids is 1. The first-order valence-electron chi connectivity index (χ1n) is 7.84. The quantitative estimate of drug-likeness (QED) is 0.752. The Morgan fingerprint density at radius 1 is 1.05 bits per heavy atom. The third-order valence-electron chi connectivity index (χ3n) is 3.36. The average Bonchev–Trinajstić information content (AvgIpc) is 2.58. The lowest BCUT2D eigenvalue weighted by Gasteiger charge is -2.07. The molecule has 3 heteroatoms. The van der Waals surface area contributed by atoms with E-state index in [2.05, 4.69) is 24.4 Å². The highest BCUT2D eigenvalue weighted by Gasteiger charge is 2.04. The monoisotopic (exact) mass is 297 g/mol. The summed E-state index contributed by atoms with van der Waals surface area (Å²) in [5.74, 6) is 0.776. The minimum atomic E-state index is -0.0323. The van der Waals surface area contributed by atoms with Gasteiger partial charge in [-0.25, -0.2) is 0 Å². The summed E-state index contributed by atoms with van der Waals surface area (Å²) in [4.78, 5) is 12.0. The fourth-order valence-corrected chi connectivity index (χ4v) is 2.16. The van der Waals surface area contributed by atoms with Crippen LogP contribution in [0.3, 0.4) is 0 Å². The van der Waals surface area contributed by atoms with Gasteiger partial charge < -0.3 is 10.1 Å². The van der Waals surface area contributed by atoms with Crippen LogP contribution in [0.15, 0.2) is 54.6 Å². The van der Waals surface area contributed by atoms with Gasteiger partial charge in [0, 0.05) is 12.1 Å². The summed E-state index contributed by atoms with van der Waals surface area (Å²) in [7, 11) is 0. The van der Waals surface area contributed by atoms with E-state index in [4.69, 9.17) is 4.74 Å². The van der Waals surface area contributed by atoms with Gasteiger partial charge in [0.2, 0.25) is 0 Å². The van der Waals surface area contributed by atoms with E-state index in [1.165, 1.54) is 5.56 Å². The Morgan fingerprint density at radius 2 is 1.77 bits per heavy atom. The molecule has 0 radical (unpaired) electrons. The van der Waals surface area contributed by atoms with E-state index < -0.39 is 0 Å². The van der Waals surface area contributed by atoms with Crippen molar-refractivity contribution in [3.63, 3.8) is 0 Å². The maximum absolute atomic E-state index is 12.0. The molecule has 2 rings (SSSR count). The number of amides is 1. The molecule has 0 aliphatic carbocycles. The molecule has 1 N–H and O–H groups in total. The van der Waals surface area contributed by atoms with Crippen molar-refractivity contribution in [2.45, 2.75) is 26.2 Å². The molecule has 3 nitrogen and oxygen atoms in total. The zero-order chi connectivity index (χ0) is 15.6. The molecule has 0 aromatic heterocycles. The van der Waals surface area contributed by atoms with Crippen LogP contribution in [0.25, 0.3) is 0 Å². The number of hydrogen-bond donors (Lipinski definition) is 1. The summed E-state index contributed by atoms with van der Waals surface area (Å²) < 4.78 is 5.51. The minimum Gasteiger partial charge on any atom is -0.494 e. The Bertz CT molecular complexity index is 564. The van der Waals surface area contributed by atoms with E-state index >= 15 is 0 Å². The molecular weight excluding hydrogens is 274 g/mol. The molecule has 22 heavy (non-hydrogen) atoms. The molecular formula is C19H23NO2. The van der Waals surface area contributed by atoms with Crippen molar-refractivity contribution >= 4 is 5.91 Å². The number of aryl methyl sites for hydroxylation is 1. The third kappa shape index (κ3) is 5.24. The Kier molecular flexibility index (Phi) is 6.49. The fraction of sp³-hybridized carbons (Fsp3) is 0.316. The molecule has 0 bridgehead atoms. The van der Waals surface area contributed by atoms with Gasteiger partial charge in [-0.05, 0) is 49.1 Å². The number of hydrogen-bond acceptors (Lipinski definition) is 2. The Balaban J connectivity index is 1.72. The number of nitrogens with one attached hydrogen (secondary N) is 1. The molecule has 0 spiro atoms. The maximum Gasteiger partial charge on any atom is 0.251 e. The van der Waals surface area contributed by atoms with Gasteiger partial charge in [-0.1, -0.05) is 37.3 Å². The number of carbonyl (C=O) groups is 1. The molecule has 0 heterocycles. The van der Waals surface area contributed by atoms with Gasteiger partial charge in [0.1, 0.15) is 5.75 Å². The Labute approximate surface area is 132 Å². The lowest BCUT2D eigenvalue weighted by Crippen LogP contribution is -2.24. The second-order valence-corrected chi connectivity index (χ2v) is 5.22. The number of benzene rings is 2. The van der Waals surface area contributed by atoms with Crippen LogP contribution in [-0.2, 0) is 6.42 Å². The summed E-state index contributed by atoms with van der Waals surface area (Å²) in [6, 6.07) is 17.6. The predicted molar refractivity (Wildman–Crippen MR) is 89.3 cm³/mol. The highest BCUT2D eigenvalue weighted by molar-refractivity contribution is 5.94.